The molecule has 0 aliphatic carbocycles. The highest BCUT2D eigenvalue weighted by Gasteiger charge is 2.22. The summed E-state index contributed by atoms with van der Waals surface area (Å²) in [5, 5.41) is 7.49. The van der Waals surface area contributed by atoms with Crippen molar-refractivity contribution in [3.05, 3.63) is 65.4 Å². The quantitative estimate of drug-likeness (QED) is 0.763. The van der Waals surface area contributed by atoms with E-state index < -0.39 is 0 Å². The van der Waals surface area contributed by atoms with Gasteiger partial charge in [-0.2, -0.15) is 5.10 Å². The van der Waals surface area contributed by atoms with E-state index in [1.807, 2.05) is 36.7 Å². The molecule has 0 bridgehead atoms. The SMILES string of the molecule is Cc1cc(C)n(C(CNC(=O)c2ccc3c(c2)OCO3)c2ccco2)n1. The van der Waals surface area contributed by atoms with Gasteiger partial charge in [-0.05, 0) is 50.2 Å². The zero-order valence-corrected chi connectivity index (χ0v) is 14.6. The normalized spacial score (nSPS) is 13.6. The Balaban J connectivity index is 1.53. The van der Waals surface area contributed by atoms with Crippen molar-refractivity contribution in [3.8, 4) is 11.5 Å². The molecule has 0 saturated carbocycles. The van der Waals surface area contributed by atoms with Crippen LogP contribution in [0.2, 0.25) is 0 Å². The molecule has 1 atom stereocenters. The number of carbonyl (C=O) groups is 1. The predicted octanol–water partition coefficient (Wildman–Crippen LogP) is 2.84. The van der Waals surface area contributed by atoms with E-state index in [1.165, 1.54) is 0 Å². The van der Waals surface area contributed by atoms with Crippen LogP contribution in [-0.2, 0) is 0 Å². The van der Waals surface area contributed by atoms with Crippen LogP contribution in [0.5, 0.6) is 11.5 Å². The van der Waals surface area contributed by atoms with Crippen LogP contribution >= 0.6 is 0 Å². The molecule has 3 heterocycles. The first-order valence-electron chi connectivity index (χ1n) is 8.36. The largest absolute Gasteiger partial charge is 0.467 e. The minimum atomic E-state index is -0.225. The first-order valence-corrected chi connectivity index (χ1v) is 8.36. The van der Waals surface area contributed by atoms with Gasteiger partial charge in [-0.25, -0.2) is 0 Å². The van der Waals surface area contributed by atoms with E-state index >= 15 is 0 Å². The lowest BCUT2D eigenvalue weighted by Crippen LogP contribution is -2.32. The van der Waals surface area contributed by atoms with Gasteiger partial charge in [0, 0.05) is 17.8 Å². The highest BCUT2D eigenvalue weighted by atomic mass is 16.7. The van der Waals surface area contributed by atoms with Crippen molar-refractivity contribution in [1.29, 1.82) is 0 Å². The fourth-order valence-electron chi connectivity index (χ4n) is 3.08. The van der Waals surface area contributed by atoms with Gasteiger partial charge in [-0.15, -0.1) is 0 Å². The van der Waals surface area contributed by atoms with Crippen LogP contribution in [-0.4, -0.2) is 29.0 Å². The molecule has 2 aromatic heterocycles. The van der Waals surface area contributed by atoms with Gasteiger partial charge in [-0.3, -0.25) is 9.48 Å². The second-order valence-corrected chi connectivity index (χ2v) is 6.18. The topological polar surface area (TPSA) is 78.5 Å². The summed E-state index contributed by atoms with van der Waals surface area (Å²) in [6, 6.07) is 10.6. The lowest BCUT2D eigenvalue weighted by molar-refractivity contribution is 0.0947. The minimum Gasteiger partial charge on any atom is -0.467 e. The number of ether oxygens (including phenoxy) is 2. The molecule has 1 aromatic carbocycles. The summed E-state index contributed by atoms with van der Waals surface area (Å²) in [7, 11) is 0. The molecule has 0 spiro atoms. The van der Waals surface area contributed by atoms with Gasteiger partial charge in [-0.1, -0.05) is 0 Å². The summed E-state index contributed by atoms with van der Waals surface area (Å²) in [4.78, 5) is 12.6. The molecule has 1 aliphatic rings. The van der Waals surface area contributed by atoms with Crippen LogP contribution in [0.15, 0.2) is 47.1 Å². The van der Waals surface area contributed by atoms with Gasteiger partial charge in [0.05, 0.1) is 12.0 Å². The smallest absolute Gasteiger partial charge is 0.251 e. The first-order chi connectivity index (χ1) is 12.6. The molecule has 1 N–H and O–H groups in total. The highest BCUT2D eigenvalue weighted by molar-refractivity contribution is 5.94. The molecular formula is C19H19N3O4. The van der Waals surface area contributed by atoms with Crippen LogP contribution in [0.1, 0.15) is 33.5 Å². The van der Waals surface area contributed by atoms with Crippen LogP contribution < -0.4 is 14.8 Å². The van der Waals surface area contributed by atoms with E-state index in [4.69, 9.17) is 13.9 Å². The summed E-state index contributed by atoms with van der Waals surface area (Å²) in [6.45, 7) is 4.45. The van der Waals surface area contributed by atoms with Crippen molar-refractivity contribution >= 4 is 5.91 Å². The fraction of sp³-hybridized carbons (Fsp3) is 0.263. The lowest BCUT2D eigenvalue weighted by Gasteiger charge is -2.18. The van der Waals surface area contributed by atoms with Crippen molar-refractivity contribution in [1.82, 2.24) is 15.1 Å². The predicted molar refractivity (Wildman–Crippen MR) is 93.4 cm³/mol. The standard InChI is InChI=1S/C19H19N3O4/c1-12-8-13(2)22(21-12)15(16-4-3-7-24-16)10-20-19(23)14-5-6-17-18(9-14)26-11-25-17/h3-9,15H,10-11H2,1-2H3,(H,20,23). The summed E-state index contributed by atoms with van der Waals surface area (Å²) < 4.78 is 18.0. The average Bonchev–Trinajstić information content (AvgIpc) is 3.36. The van der Waals surface area contributed by atoms with E-state index in [9.17, 15) is 4.79 Å². The number of rotatable bonds is 5. The van der Waals surface area contributed by atoms with Crippen molar-refractivity contribution in [3.63, 3.8) is 0 Å². The third kappa shape index (κ3) is 3.03. The Morgan fingerprint density at radius 1 is 1.23 bits per heavy atom. The van der Waals surface area contributed by atoms with Gasteiger partial charge in [0.15, 0.2) is 11.5 Å². The maximum absolute atomic E-state index is 12.6. The molecule has 1 unspecified atom stereocenters. The molecule has 1 amide bonds. The number of benzene rings is 1. The zero-order valence-electron chi connectivity index (χ0n) is 14.6. The maximum atomic E-state index is 12.6. The van der Waals surface area contributed by atoms with Crippen molar-refractivity contribution in [2.24, 2.45) is 0 Å². The number of nitrogens with one attached hydrogen (secondary N) is 1. The molecule has 134 valence electrons. The average molecular weight is 353 g/mol. The number of aryl methyl sites for hydroxylation is 2. The van der Waals surface area contributed by atoms with Crippen molar-refractivity contribution in [2.75, 3.05) is 13.3 Å². The number of hydrogen-bond donors (Lipinski definition) is 1. The summed E-state index contributed by atoms with van der Waals surface area (Å²) in [5.74, 6) is 1.78. The van der Waals surface area contributed by atoms with Gasteiger partial charge < -0.3 is 19.2 Å². The number of aromatic nitrogens is 2. The molecule has 3 aromatic rings. The van der Waals surface area contributed by atoms with Gasteiger partial charge in [0.25, 0.3) is 5.91 Å². The van der Waals surface area contributed by atoms with E-state index in [-0.39, 0.29) is 18.7 Å². The van der Waals surface area contributed by atoms with Crippen LogP contribution in [0.25, 0.3) is 0 Å². The molecular weight excluding hydrogens is 334 g/mol. The Bertz CT molecular complexity index is 930. The molecule has 0 saturated heterocycles. The van der Waals surface area contributed by atoms with E-state index in [2.05, 4.69) is 10.4 Å². The van der Waals surface area contributed by atoms with Gasteiger partial charge in [0.1, 0.15) is 11.8 Å². The Labute approximate surface area is 150 Å². The Morgan fingerprint density at radius 2 is 2.08 bits per heavy atom. The second-order valence-electron chi connectivity index (χ2n) is 6.18. The van der Waals surface area contributed by atoms with E-state index in [0.29, 0.717) is 23.6 Å². The second kappa shape index (κ2) is 6.59. The number of fused-ring (bicyclic) bond motifs is 1. The molecule has 4 rings (SSSR count). The number of amides is 1. The van der Waals surface area contributed by atoms with E-state index in [1.54, 1.807) is 24.5 Å². The number of furan rings is 1. The Morgan fingerprint density at radius 3 is 2.81 bits per heavy atom. The summed E-state index contributed by atoms with van der Waals surface area (Å²) >= 11 is 0. The maximum Gasteiger partial charge on any atom is 0.251 e. The molecule has 26 heavy (non-hydrogen) atoms. The first kappa shape index (κ1) is 16.3. The minimum absolute atomic E-state index is 0.179. The Hall–Kier alpha value is -3.22. The molecule has 7 heteroatoms. The summed E-state index contributed by atoms with van der Waals surface area (Å²) in [5.41, 5.74) is 2.43. The van der Waals surface area contributed by atoms with Gasteiger partial charge in [0.2, 0.25) is 6.79 Å². The number of nitrogens with zero attached hydrogens (tertiary/aromatic N) is 2. The highest BCUT2D eigenvalue weighted by Crippen LogP contribution is 2.32. The molecule has 1 aliphatic heterocycles. The number of hydrogen-bond acceptors (Lipinski definition) is 5. The third-order valence-corrected chi connectivity index (χ3v) is 4.30. The number of carbonyl (C=O) groups excluding carboxylic acids is 1. The zero-order chi connectivity index (χ0) is 18.1. The van der Waals surface area contributed by atoms with Gasteiger partial charge >= 0.3 is 0 Å². The van der Waals surface area contributed by atoms with Crippen LogP contribution in [0, 0.1) is 13.8 Å². The fourth-order valence-corrected chi connectivity index (χ4v) is 3.08. The van der Waals surface area contributed by atoms with Crippen molar-refractivity contribution in [2.45, 2.75) is 19.9 Å². The van der Waals surface area contributed by atoms with Crippen molar-refractivity contribution < 1.29 is 18.7 Å². The third-order valence-electron chi connectivity index (χ3n) is 4.30. The molecule has 0 radical (unpaired) electrons. The van der Waals surface area contributed by atoms with E-state index in [0.717, 1.165) is 17.1 Å². The molecule has 7 nitrogen and oxygen atoms in total. The van der Waals surface area contributed by atoms with Crippen LogP contribution in [0.4, 0.5) is 0 Å². The summed E-state index contributed by atoms with van der Waals surface area (Å²) in [6.07, 6.45) is 1.62. The lowest BCUT2D eigenvalue weighted by atomic mass is 10.1. The van der Waals surface area contributed by atoms with Crippen LogP contribution in [0.3, 0.4) is 0 Å². The Kier molecular flexibility index (Phi) is 4.12. The molecule has 0 fully saturated rings. The monoisotopic (exact) mass is 353 g/mol.